The largest absolute Gasteiger partial charge is 0.850 e. The van der Waals surface area contributed by atoms with Crippen molar-refractivity contribution in [2.75, 3.05) is 0 Å². The molecule has 0 atom stereocenters. The number of hydrogen-bond acceptors (Lipinski definition) is 4. The van der Waals surface area contributed by atoms with E-state index in [1.807, 2.05) is 0 Å². The second-order valence-corrected chi connectivity index (χ2v) is 17.3. The Morgan fingerprint density at radius 3 is 1.50 bits per heavy atom. The van der Waals surface area contributed by atoms with Crippen molar-refractivity contribution < 1.29 is 27.1 Å². The van der Waals surface area contributed by atoms with Crippen molar-refractivity contribution in [3.8, 4) is 0 Å². The van der Waals surface area contributed by atoms with Gasteiger partial charge >= 0.3 is 152 Å². The monoisotopic (exact) mass is 528 g/mol. The Labute approximate surface area is 190 Å². The molecule has 0 bridgehead atoms. The van der Waals surface area contributed by atoms with Crippen LogP contribution >= 0.6 is 5.69 Å². The maximum Gasteiger partial charge on any atom is -0.160 e. The van der Waals surface area contributed by atoms with Gasteiger partial charge in [-0.05, 0) is 0 Å². The van der Waals surface area contributed by atoms with Gasteiger partial charge in [0.15, 0.2) is 0 Å². The van der Waals surface area contributed by atoms with E-state index >= 15 is 0 Å². The summed E-state index contributed by atoms with van der Waals surface area (Å²) >= 11 is 6.23. The number of rotatable bonds is 15. The molecule has 1 aromatic rings. The summed E-state index contributed by atoms with van der Waals surface area (Å²) in [5.41, 5.74) is -3.72. The van der Waals surface area contributed by atoms with E-state index in [1.54, 1.807) is 13.6 Å². The van der Waals surface area contributed by atoms with Gasteiger partial charge in [0.1, 0.15) is 0 Å². The molecule has 0 aromatic heterocycles. The second kappa shape index (κ2) is 19.8. The van der Waals surface area contributed by atoms with Crippen molar-refractivity contribution in [3.05, 3.63) is 30.3 Å². The standard InChI is InChI=1S/2C8H17.C6H5.Mo.H3O2PS2/c2*1-3-5-7-8-6-4-2;1-2-4-6-5-3-1;;1-3(2,4)5/h2*1,3-8H2,2H3;1-5H;;(H3,1,2,4,5)/q;;;+3;/p-3. The molecule has 0 saturated carbocycles. The van der Waals surface area contributed by atoms with Gasteiger partial charge in [-0.1, -0.05) is 0 Å². The zero-order chi connectivity index (χ0) is 21.1. The molecule has 28 heavy (non-hydrogen) atoms. The van der Waals surface area contributed by atoms with Crippen LogP contribution in [-0.2, 0) is 41.4 Å². The third kappa shape index (κ3) is 21.5. The Morgan fingerprint density at radius 1 is 0.750 bits per heavy atom. The molecule has 162 valence electrons. The van der Waals surface area contributed by atoms with Gasteiger partial charge in [-0.25, -0.2) is 0 Å². The molecule has 6 heteroatoms. The van der Waals surface area contributed by atoms with Crippen LogP contribution in [0.1, 0.15) is 90.9 Å². The predicted octanol–water partition coefficient (Wildman–Crippen LogP) is 5.97. The Kier molecular flexibility index (Phi) is 20.4. The van der Waals surface area contributed by atoms with E-state index in [1.165, 1.54) is 77.0 Å². The smallest absolute Gasteiger partial charge is 0.160 e. The van der Waals surface area contributed by atoms with E-state index in [9.17, 15) is 9.79 Å². The summed E-state index contributed by atoms with van der Waals surface area (Å²) < 4.78 is 1.75. The zero-order valence-electron chi connectivity index (χ0n) is 17.8. The summed E-state index contributed by atoms with van der Waals surface area (Å²) in [7, 11) is 0. The van der Waals surface area contributed by atoms with Crippen LogP contribution in [-0.4, -0.2) is 0 Å². The first-order valence-electron chi connectivity index (χ1n) is 10.8. The average Bonchev–Trinajstić information content (AvgIpc) is 2.65. The fraction of sp³-hybridized carbons (Fsp3) is 0.727. The van der Waals surface area contributed by atoms with Crippen molar-refractivity contribution >= 4 is 33.7 Å². The summed E-state index contributed by atoms with van der Waals surface area (Å²) in [6, 6.07) is 11.5. The van der Waals surface area contributed by atoms with E-state index in [0.717, 1.165) is 0 Å². The van der Waals surface area contributed by atoms with E-state index < -0.39 is 23.0 Å². The average molecular weight is 527 g/mol. The van der Waals surface area contributed by atoms with Gasteiger partial charge in [0.05, 0.1) is 0 Å². The molecule has 2 nitrogen and oxygen atoms in total. The molecule has 0 aliphatic rings. The van der Waals surface area contributed by atoms with Crippen LogP contribution in [0.2, 0.25) is 9.62 Å². The molecule has 0 fully saturated rings. The first-order valence-corrected chi connectivity index (χ1v) is 18.3. The summed E-state index contributed by atoms with van der Waals surface area (Å²) in [6.45, 7) is 4.61. The molecule has 0 aliphatic carbocycles. The minimum absolute atomic E-state index is 1.05. The van der Waals surface area contributed by atoms with E-state index in [0.29, 0.717) is 0 Å². The molecule has 0 saturated heterocycles. The van der Waals surface area contributed by atoms with Crippen LogP contribution in [0, 0.1) is 0 Å². The molecule has 0 unspecified atom stereocenters. The summed E-state index contributed by atoms with van der Waals surface area (Å²) in [6.07, 6.45) is 17.3. The number of unbranched alkanes of at least 4 members (excludes halogenated alkanes) is 10. The summed E-state index contributed by atoms with van der Waals surface area (Å²) in [5, 5.41) is 0. The maximum absolute atomic E-state index is 9.29. The van der Waals surface area contributed by atoms with Crippen LogP contribution in [0.5, 0.6) is 0 Å². The molecule has 1 aromatic carbocycles. The van der Waals surface area contributed by atoms with Gasteiger partial charge < -0.3 is 27.7 Å². The van der Waals surface area contributed by atoms with Crippen LogP contribution in [0.4, 0.5) is 0 Å². The Balaban J connectivity index is 0.00000129. The van der Waals surface area contributed by atoms with E-state index in [4.69, 9.17) is 0 Å². The first-order chi connectivity index (χ1) is 13.4. The SMILES string of the molecule is CCCCCCC[CH2][Mo+3]([CH2]CCCCCCC)[c]1ccccc1.[O-]P([O-])(=S)[S-]. The van der Waals surface area contributed by atoms with E-state index in [-0.39, 0.29) is 0 Å². The molecule has 0 heterocycles. The normalized spacial score (nSPS) is 11.0. The molecule has 0 amide bonds. The van der Waals surface area contributed by atoms with Crippen LogP contribution < -0.4 is 13.7 Å². The Hall–Kier alpha value is 0.828. The maximum atomic E-state index is 9.29. The molecular formula is C22H39MoO2PS2. The third-order valence-electron chi connectivity index (χ3n) is 4.57. The Morgan fingerprint density at radius 2 is 1.11 bits per heavy atom. The van der Waals surface area contributed by atoms with Gasteiger partial charge in [0, 0.05) is 0 Å². The molecule has 0 aliphatic heterocycles. The quantitative estimate of drug-likeness (QED) is 0.122. The van der Waals surface area contributed by atoms with Gasteiger partial charge in [-0.3, -0.25) is 0 Å². The molecular weight excluding hydrogens is 487 g/mol. The Bertz CT molecular complexity index is 472. The third-order valence-corrected chi connectivity index (χ3v) is 10.7. The molecule has 0 radical (unpaired) electrons. The molecule has 0 spiro atoms. The van der Waals surface area contributed by atoms with Gasteiger partial charge in [-0.15, -0.1) is 0 Å². The molecule has 1 rings (SSSR count). The van der Waals surface area contributed by atoms with Crippen molar-refractivity contribution in [1.29, 1.82) is 0 Å². The second-order valence-electron chi connectivity index (χ2n) is 7.20. The van der Waals surface area contributed by atoms with Crippen LogP contribution in [0.15, 0.2) is 30.3 Å². The minimum atomic E-state index is -3.72. The van der Waals surface area contributed by atoms with Crippen molar-refractivity contribution in [3.63, 3.8) is 0 Å². The minimum Gasteiger partial charge on any atom is -0.850 e. The van der Waals surface area contributed by atoms with Gasteiger partial charge in [0.2, 0.25) is 0 Å². The fourth-order valence-electron chi connectivity index (χ4n) is 3.06. The van der Waals surface area contributed by atoms with Crippen molar-refractivity contribution in [2.45, 2.75) is 101 Å². The summed E-state index contributed by atoms with van der Waals surface area (Å²) in [5.74, 6) is 0. The van der Waals surface area contributed by atoms with Crippen LogP contribution in [0.3, 0.4) is 0 Å². The predicted molar refractivity (Wildman–Crippen MR) is 124 cm³/mol. The fourth-order valence-corrected chi connectivity index (χ4v) is 8.77. The van der Waals surface area contributed by atoms with Gasteiger partial charge in [0.25, 0.3) is 0 Å². The topological polar surface area (TPSA) is 46.1 Å². The van der Waals surface area contributed by atoms with E-state index in [2.05, 4.69) is 68.2 Å². The first kappa shape index (κ1) is 28.8. The number of benzene rings is 1. The zero-order valence-corrected chi connectivity index (χ0v) is 22.3. The molecule has 0 N–H and O–H groups in total. The summed E-state index contributed by atoms with van der Waals surface area (Å²) in [4.78, 5) is 21.7. The number of hydrogen-bond donors (Lipinski definition) is 0. The van der Waals surface area contributed by atoms with Crippen molar-refractivity contribution in [2.24, 2.45) is 0 Å². The van der Waals surface area contributed by atoms with Gasteiger partial charge in [-0.2, -0.15) is 11.8 Å². The van der Waals surface area contributed by atoms with Crippen LogP contribution in [0.25, 0.3) is 0 Å². The van der Waals surface area contributed by atoms with Crippen molar-refractivity contribution in [1.82, 2.24) is 0 Å².